The number of hydrogen-bond acceptors (Lipinski definition) is 2. The Kier molecular flexibility index (Phi) is 5.47. The molecule has 1 aromatic carbocycles. The molecule has 0 heterocycles. The molecule has 0 aliphatic carbocycles. The van der Waals surface area contributed by atoms with E-state index in [1.807, 2.05) is 0 Å². The summed E-state index contributed by atoms with van der Waals surface area (Å²) in [6, 6.07) is 3.86. The minimum Gasteiger partial charge on any atom is -0.481 e. The summed E-state index contributed by atoms with van der Waals surface area (Å²) in [5, 5.41) is 8.68. The van der Waals surface area contributed by atoms with Crippen LogP contribution in [0.1, 0.15) is 30.6 Å². The Bertz CT molecular complexity index is 491. The largest absolute Gasteiger partial charge is 0.481 e. The average Bonchev–Trinajstić information content (AvgIpc) is 2.31. The lowest BCUT2D eigenvalue weighted by atomic mass is 10.1. The van der Waals surface area contributed by atoms with Gasteiger partial charge in [0.2, 0.25) is 0 Å². The van der Waals surface area contributed by atoms with Crippen LogP contribution in [0.3, 0.4) is 0 Å². The molecule has 0 atom stereocenters. The fourth-order valence-corrected chi connectivity index (χ4v) is 1.98. The Morgan fingerprint density at radius 1 is 1.42 bits per heavy atom. The summed E-state index contributed by atoms with van der Waals surface area (Å²) in [5.41, 5.74) is 0.326. The molecule has 0 spiro atoms. The molecule has 0 aliphatic heterocycles. The number of hydrogen-bond donors (Lipinski definition) is 1. The van der Waals surface area contributed by atoms with Crippen LogP contribution in [0.2, 0.25) is 0 Å². The van der Waals surface area contributed by atoms with Crippen LogP contribution < -0.4 is 0 Å². The van der Waals surface area contributed by atoms with Gasteiger partial charge in [-0.15, -0.1) is 0 Å². The van der Waals surface area contributed by atoms with Crippen LogP contribution in [-0.2, 0) is 4.79 Å². The van der Waals surface area contributed by atoms with E-state index in [0.29, 0.717) is 5.56 Å². The SMILES string of the molecule is CC(C)N(CCC(=O)O)C(=O)c1ccc(F)c(Br)c1. The van der Waals surface area contributed by atoms with Gasteiger partial charge < -0.3 is 10.0 Å². The highest BCUT2D eigenvalue weighted by Crippen LogP contribution is 2.18. The summed E-state index contributed by atoms with van der Waals surface area (Å²) in [4.78, 5) is 24.3. The van der Waals surface area contributed by atoms with E-state index in [1.54, 1.807) is 13.8 Å². The van der Waals surface area contributed by atoms with Crippen molar-refractivity contribution in [1.29, 1.82) is 0 Å². The number of halogens is 2. The van der Waals surface area contributed by atoms with Gasteiger partial charge in [0.25, 0.3) is 5.91 Å². The third-order valence-corrected chi connectivity index (χ3v) is 3.23. The summed E-state index contributed by atoms with van der Waals surface area (Å²) in [6.07, 6.45) is -0.119. The van der Waals surface area contributed by atoms with E-state index in [9.17, 15) is 14.0 Å². The number of carboxylic acid groups (broad SMARTS) is 1. The fourth-order valence-electron chi connectivity index (χ4n) is 1.61. The van der Waals surface area contributed by atoms with E-state index >= 15 is 0 Å². The molecule has 1 rings (SSSR count). The number of amides is 1. The van der Waals surface area contributed by atoms with E-state index in [-0.39, 0.29) is 29.4 Å². The predicted octanol–water partition coefficient (Wildman–Crippen LogP) is 2.91. The minimum absolute atomic E-state index is 0.119. The number of benzene rings is 1. The van der Waals surface area contributed by atoms with Crippen molar-refractivity contribution in [3.8, 4) is 0 Å². The normalized spacial score (nSPS) is 10.6. The number of rotatable bonds is 5. The van der Waals surface area contributed by atoms with Crippen molar-refractivity contribution in [2.24, 2.45) is 0 Å². The van der Waals surface area contributed by atoms with Gasteiger partial charge in [-0.05, 0) is 48.0 Å². The first-order chi connectivity index (χ1) is 8.82. The van der Waals surface area contributed by atoms with E-state index < -0.39 is 11.8 Å². The van der Waals surface area contributed by atoms with Crippen LogP contribution in [0.4, 0.5) is 4.39 Å². The van der Waals surface area contributed by atoms with Crippen molar-refractivity contribution >= 4 is 27.8 Å². The van der Waals surface area contributed by atoms with Crippen LogP contribution in [0.25, 0.3) is 0 Å². The van der Waals surface area contributed by atoms with Crippen molar-refractivity contribution < 1.29 is 19.1 Å². The van der Waals surface area contributed by atoms with Crippen molar-refractivity contribution in [3.05, 3.63) is 34.1 Å². The van der Waals surface area contributed by atoms with Gasteiger partial charge in [0.15, 0.2) is 0 Å². The van der Waals surface area contributed by atoms with E-state index in [4.69, 9.17) is 5.11 Å². The van der Waals surface area contributed by atoms with Gasteiger partial charge in [-0.3, -0.25) is 9.59 Å². The Hall–Kier alpha value is -1.43. The number of carbonyl (C=O) groups excluding carboxylic acids is 1. The summed E-state index contributed by atoms with van der Waals surface area (Å²) in [5.74, 6) is -1.71. The molecule has 4 nitrogen and oxygen atoms in total. The first-order valence-corrected chi connectivity index (χ1v) is 6.60. The highest BCUT2D eigenvalue weighted by atomic mass is 79.9. The molecule has 0 radical (unpaired) electrons. The van der Waals surface area contributed by atoms with Gasteiger partial charge >= 0.3 is 5.97 Å². The average molecular weight is 332 g/mol. The first-order valence-electron chi connectivity index (χ1n) is 5.80. The second-order valence-electron chi connectivity index (χ2n) is 4.36. The Morgan fingerprint density at radius 3 is 2.53 bits per heavy atom. The van der Waals surface area contributed by atoms with Gasteiger partial charge in [0.05, 0.1) is 10.9 Å². The lowest BCUT2D eigenvalue weighted by molar-refractivity contribution is -0.137. The van der Waals surface area contributed by atoms with E-state index in [1.165, 1.54) is 23.1 Å². The van der Waals surface area contributed by atoms with Crippen LogP contribution in [-0.4, -0.2) is 34.5 Å². The Labute approximate surface area is 119 Å². The van der Waals surface area contributed by atoms with Crippen molar-refractivity contribution in [1.82, 2.24) is 4.90 Å². The zero-order valence-corrected chi connectivity index (χ0v) is 12.3. The zero-order valence-electron chi connectivity index (χ0n) is 10.7. The molecule has 104 valence electrons. The van der Waals surface area contributed by atoms with Crippen LogP contribution in [0.15, 0.2) is 22.7 Å². The monoisotopic (exact) mass is 331 g/mol. The van der Waals surface area contributed by atoms with Crippen LogP contribution >= 0.6 is 15.9 Å². The number of nitrogens with zero attached hydrogens (tertiary/aromatic N) is 1. The molecule has 1 aromatic rings. The lowest BCUT2D eigenvalue weighted by Gasteiger charge is -2.26. The van der Waals surface area contributed by atoms with Crippen LogP contribution in [0.5, 0.6) is 0 Å². The lowest BCUT2D eigenvalue weighted by Crippen LogP contribution is -2.38. The third kappa shape index (κ3) is 4.31. The highest BCUT2D eigenvalue weighted by Gasteiger charge is 2.20. The molecule has 6 heteroatoms. The molecule has 0 aliphatic rings. The summed E-state index contributed by atoms with van der Waals surface area (Å²) < 4.78 is 13.3. The van der Waals surface area contributed by atoms with Crippen molar-refractivity contribution in [3.63, 3.8) is 0 Å². The number of carbonyl (C=O) groups is 2. The van der Waals surface area contributed by atoms with Crippen molar-refractivity contribution in [2.75, 3.05) is 6.54 Å². The molecule has 0 fully saturated rings. The molecular formula is C13H15BrFNO3. The summed E-state index contributed by atoms with van der Waals surface area (Å²) in [7, 11) is 0. The zero-order chi connectivity index (χ0) is 14.6. The molecular weight excluding hydrogens is 317 g/mol. The fraction of sp³-hybridized carbons (Fsp3) is 0.385. The molecule has 19 heavy (non-hydrogen) atoms. The van der Waals surface area contributed by atoms with E-state index in [0.717, 1.165) is 0 Å². The van der Waals surface area contributed by atoms with Crippen molar-refractivity contribution in [2.45, 2.75) is 26.3 Å². The maximum Gasteiger partial charge on any atom is 0.305 e. The molecule has 0 bridgehead atoms. The predicted molar refractivity (Wildman–Crippen MR) is 72.5 cm³/mol. The minimum atomic E-state index is -0.960. The Balaban J connectivity index is 2.92. The quantitative estimate of drug-likeness (QED) is 0.902. The van der Waals surface area contributed by atoms with Gasteiger partial charge in [-0.1, -0.05) is 0 Å². The first kappa shape index (κ1) is 15.6. The van der Waals surface area contributed by atoms with Gasteiger partial charge in [0, 0.05) is 18.2 Å². The molecule has 0 saturated heterocycles. The molecule has 0 saturated carbocycles. The number of carboxylic acids is 1. The smallest absolute Gasteiger partial charge is 0.305 e. The summed E-state index contributed by atoms with van der Waals surface area (Å²) in [6.45, 7) is 3.73. The summed E-state index contributed by atoms with van der Waals surface area (Å²) >= 11 is 3.02. The molecule has 0 unspecified atom stereocenters. The second kappa shape index (κ2) is 6.65. The second-order valence-corrected chi connectivity index (χ2v) is 5.22. The standard InChI is InChI=1S/C13H15BrFNO3/c1-8(2)16(6-5-12(17)18)13(19)9-3-4-11(15)10(14)7-9/h3-4,7-8H,5-6H2,1-2H3,(H,17,18). The van der Waals surface area contributed by atoms with E-state index in [2.05, 4.69) is 15.9 Å². The maximum atomic E-state index is 13.1. The topological polar surface area (TPSA) is 57.6 Å². The maximum absolute atomic E-state index is 13.1. The number of aliphatic carboxylic acids is 1. The molecule has 1 N–H and O–H groups in total. The van der Waals surface area contributed by atoms with Gasteiger partial charge in [0.1, 0.15) is 5.82 Å². The van der Waals surface area contributed by atoms with Gasteiger partial charge in [-0.25, -0.2) is 4.39 Å². The highest BCUT2D eigenvalue weighted by molar-refractivity contribution is 9.10. The molecule has 0 aromatic heterocycles. The third-order valence-electron chi connectivity index (χ3n) is 2.62. The van der Waals surface area contributed by atoms with Gasteiger partial charge in [-0.2, -0.15) is 0 Å². The Morgan fingerprint density at radius 2 is 2.05 bits per heavy atom. The molecule has 1 amide bonds. The van der Waals surface area contributed by atoms with Crippen LogP contribution in [0, 0.1) is 5.82 Å².